The van der Waals surface area contributed by atoms with Crippen molar-refractivity contribution in [3.05, 3.63) is 71.1 Å². The van der Waals surface area contributed by atoms with Gasteiger partial charge < -0.3 is 4.90 Å². The third-order valence-corrected chi connectivity index (χ3v) is 5.63. The summed E-state index contributed by atoms with van der Waals surface area (Å²) in [6, 6.07) is 9.83. The lowest BCUT2D eigenvalue weighted by atomic mass is 10.1. The van der Waals surface area contributed by atoms with Crippen LogP contribution in [0.4, 0.5) is 0 Å². The first-order chi connectivity index (χ1) is 13.3. The standard InChI is InChI=1S/C20H17N5OS/c26-20(17-6-9-27-13-17)24-8-5-16(11-24)19-22-18-4-3-15(12-25(18)23-19)14-2-1-7-21-10-14/h1-4,6-7,9-10,12-13,16H,5,8,11H2. The Morgan fingerprint density at radius 3 is 2.96 bits per heavy atom. The third kappa shape index (κ3) is 3.00. The van der Waals surface area contributed by atoms with Crippen LogP contribution in [0.25, 0.3) is 16.8 Å². The van der Waals surface area contributed by atoms with Crippen molar-refractivity contribution in [2.24, 2.45) is 0 Å². The maximum absolute atomic E-state index is 12.5. The number of carbonyl (C=O) groups excluding carboxylic acids is 1. The van der Waals surface area contributed by atoms with Crippen LogP contribution in [-0.2, 0) is 0 Å². The molecule has 0 aromatic carbocycles. The van der Waals surface area contributed by atoms with Crippen molar-refractivity contribution < 1.29 is 4.79 Å². The zero-order chi connectivity index (χ0) is 18.2. The summed E-state index contributed by atoms with van der Waals surface area (Å²) >= 11 is 1.55. The van der Waals surface area contributed by atoms with E-state index in [-0.39, 0.29) is 11.8 Å². The van der Waals surface area contributed by atoms with Crippen LogP contribution >= 0.6 is 11.3 Å². The summed E-state index contributed by atoms with van der Waals surface area (Å²) in [5.74, 6) is 1.08. The van der Waals surface area contributed by atoms with Gasteiger partial charge in [-0.15, -0.1) is 0 Å². The fourth-order valence-corrected chi connectivity index (χ4v) is 4.13. The van der Waals surface area contributed by atoms with Crippen LogP contribution in [0.15, 0.2) is 59.7 Å². The topological polar surface area (TPSA) is 63.4 Å². The minimum Gasteiger partial charge on any atom is -0.338 e. The van der Waals surface area contributed by atoms with Crippen LogP contribution in [0.5, 0.6) is 0 Å². The lowest BCUT2D eigenvalue weighted by Crippen LogP contribution is -2.28. The fraction of sp³-hybridized carbons (Fsp3) is 0.200. The fourth-order valence-electron chi connectivity index (χ4n) is 3.50. The van der Waals surface area contributed by atoms with Crippen LogP contribution in [0.3, 0.4) is 0 Å². The number of thiophene rings is 1. The molecule has 27 heavy (non-hydrogen) atoms. The molecule has 0 aliphatic carbocycles. The lowest BCUT2D eigenvalue weighted by molar-refractivity contribution is 0.0791. The second kappa shape index (κ2) is 6.59. The molecule has 5 rings (SSSR count). The molecule has 4 aromatic heterocycles. The molecule has 134 valence electrons. The van der Waals surface area contributed by atoms with E-state index in [0.717, 1.165) is 41.1 Å². The van der Waals surface area contributed by atoms with Crippen LogP contribution in [-0.4, -0.2) is 43.5 Å². The Labute approximate surface area is 160 Å². The van der Waals surface area contributed by atoms with Crippen molar-refractivity contribution in [1.29, 1.82) is 0 Å². The van der Waals surface area contributed by atoms with Crippen molar-refractivity contribution in [3.8, 4) is 11.1 Å². The van der Waals surface area contributed by atoms with Crippen LogP contribution < -0.4 is 0 Å². The molecule has 1 unspecified atom stereocenters. The second-order valence-electron chi connectivity index (χ2n) is 6.68. The summed E-state index contributed by atoms with van der Waals surface area (Å²) in [7, 11) is 0. The van der Waals surface area contributed by atoms with Gasteiger partial charge in [0.05, 0.1) is 5.56 Å². The molecule has 0 bridgehead atoms. The molecule has 1 atom stereocenters. The summed E-state index contributed by atoms with van der Waals surface area (Å²) < 4.78 is 1.82. The summed E-state index contributed by atoms with van der Waals surface area (Å²) in [5.41, 5.74) is 3.68. The third-order valence-electron chi connectivity index (χ3n) is 4.95. The summed E-state index contributed by atoms with van der Waals surface area (Å²) in [6.07, 6.45) is 6.47. The van der Waals surface area contributed by atoms with E-state index >= 15 is 0 Å². The molecule has 0 saturated carbocycles. The second-order valence-corrected chi connectivity index (χ2v) is 7.46. The van der Waals surface area contributed by atoms with Crippen LogP contribution in [0.1, 0.15) is 28.5 Å². The molecule has 1 aliphatic heterocycles. The van der Waals surface area contributed by atoms with Gasteiger partial charge in [0.25, 0.3) is 5.91 Å². The Kier molecular flexibility index (Phi) is 3.94. The maximum atomic E-state index is 12.5. The number of amides is 1. The number of rotatable bonds is 3. The average molecular weight is 375 g/mol. The van der Waals surface area contributed by atoms with Crippen LogP contribution in [0, 0.1) is 0 Å². The quantitative estimate of drug-likeness (QED) is 0.550. The van der Waals surface area contributed by atoms with E-state index in [0.29, 0.717) is 6.54 Å². The van der Waals surface area contributed by atoms with Crippen molar-refractivity contribution in [3.63, 3.8) is 0 Å². The van der Waals surface area contributed by atoms with E-state index in [9.17, 15) is 4.79 Å². The largest absolute Gasteiger partial charge is 0.338 e. The Balaban J connectivity index is 1.39. The van der Waals surface area contributed by atoms with E-state index < -0.39 is 0 Å². The average Bonchev–Trinajstić information content (AvgIpc) is 3.47. The number of pyridine rings is 2. The van der Waals surface area contributed by atoms with Gasteiger partial charge >= 0.3 is 0 Å². The van der Waals surface area contributed by atoms with Gasteiger partial charge in [0, 0.05) is 54.1 Å². The normalized spacial score (nSPS) is 16.9. The molecule has 0 radical (unpaired) electrons. The van der Waals surface area contributed by atoms with Gasteiger partial charge in [-0.05, 0) is 36.1 Å². The number of hydrogen-bond acceptors (Lipinski definition) is 5. The van der Waals surface area contributed by atoms with E-state index in [1.54, 1.807) is 17.5 Å². The molecular weight excluding hydrogens is 358 g/mol. The molecule has 1 amide bonds. The van der Waals surface area contributed by atoms with Gasteiger partial charge in [-0.3, -0.25) is 9.78 Å². The van der Waals surface area contributed by atoms with Crippen molar-refractivity contribution in [1.82, 2.24) is 24.5 Å². The highest BCUT2D eigenvalue weighted by atomic mass is 32.1. The van der Waals surface area contributed by atoms with Crippen molar-refractivity contribution in [2.75, 3.05) is 13.1 Å². The SMILES string of the molecule is O=C(c1ccsc1)N1CCC(c2nc3ccc(-c4cccnc4)cn3n2)C1. The number of fused-ring (bicyclic) bond motifs is 1. The zero-order valence-corrected chi connectivity index (χ0v) is 15.3. The van der Waals surface area contributed by atoms with Gasteiger partial charge in [-0.1, -0.05) is 6.07 Å². The molecule has 1 fully saturated rings. The van der Waals surface area contributed by atoms with E-state index in [2.05, 4.69) is 15.1 Å². The number of hydrogen-bond donors (Lipinski definition) is 0. The predicted molar refractivity (Wildman–Crippen MR) is 104 cm³/mol. The Bertz CT molecular complexity index is 1090. The first-order valence-corrected chi connectivity index (χ1v) is 9.80. The minimum atomic E-state index is 0.0985. The van der Waals surface area contributed by atoms with E-state index in [1.807, 2.05) is 62.9 Å². The van der Waals surface area contributed by atoms with Gasteiger partial charge in [-0.25, -0.2) is 9.50 Å². The molecular formula is C20H17N5OS. The van der Waals surface area contributed by atoms with E-state index in [1.165, 1.54) is 0 Å². The summed E-state index contributed by atoms with van der Waals surface area (Å²) in [6.45, 7) is 1.41. The lowest BCUT2D eigenvalue weighted by Gasteiger charge is -2.14. The first kappa shape index (κ1) is 16.1. The molecule has 1 aliphatic rings. The van der Waals surface area contributed by atoms with Gasteiger partial charge in [-0.2, -0.15) is 16.4 Å². The number of carbonyl (C=O) groups is 1. The predicted octanol–water partition coefficient (Wildman–Crippen LogP) is 3.48. The highest BCUT2D eigenvalue weighted by Crippen LogP contribution is 2.27. The molecule has 7 heteroatoms. The molecule has 1 saturated heterocycles. The van der Waals surface area contributed by atoms with Crippen LogP contribution in [0.2, 0.25) is 0 Å². The maximum Gasteiger partial charge on any atom is 0.254 e. The molecule has 5 heterocycles. The number of aromatic nitrogens is 4. The Hall–Kier alpha value is -3.06. The molecule has 4 aromatic rings. The van der Waals surface area contributed by atoms with Gasteiger partial charge in [0.2, 0.25) is 0 Å². The molecule has 6 nitrogen and oxygen atoms in total. The highest BCUT2D eigenvalue weighted by molar-refractivity contribution is 7.08. The van der Waals surface area contributed by atoms with E-state index in [4.69, 9.17) is 0 Å². The first-order valence-electron chi connectivity index (χ1n) is 8.86. The van der Waals surface area contributed by atoms with Crippen molar-refractivity contribution >= 4 is 22.9 Å². The Morgan fingerprint density at radius 2 is 2.15 bits per heavy atom. The Morgan fingerprint density at radius 1 is 1.19 bits per heavy atom. The summed E-state index contributed by atoms with van der Waals surface area (Å²) in [4.78, 5) is 23.3. The summed E-state index contributed by atoms with van der Waals surface area (Å²) in [5, 5.41) is 8.52. The minimum absolute atomic E-state index is 0.0985. The molecule has 0 N–H and O–H groups in total. The molecule has 0 spiro atoms. The highest BCUT2D eigenvalue weighted by Gasteiger charge is 2.30. The number of likely N-dealkylation sites (tertiary alicyclic amines) is 1. The van der Waals surface area contributed by atoms with Crippen molar-refractivity contribution in [2.45, 2.75) is 12.3 Å². The zero-order valence-electron chi connectivity index (χ0n) is 14.5. The smallest absolute Gasteiger partial charge is 0.254 e. The number of nitrogens with zero attached hydrogens (tertiary/aromatic N) is 5. The van der Waals surface area contributed by atoms with Gasteiger partial charge in [0.15, 0.2) is 11.5 Å². The monoisotopic (exact) mass is 375 g/mol. The van der Waals surface area contributed by atoms with Gasteiger partial charge in [0.1, 0.15) is 0 Å².